The Labute approximate surface area is 169 Å². The minimum Gasteiger partial charge on any atom is -0.484 e. The van der Waals surface area contributed by atoms with E-state index in [9.17, 15) is 14.4 Å². The summed E-state index contributed by atoms with van der Waals surface area (Å²) < 4.78 is 5.50. The number of aryl methyl sites for hydroxylation is 2. The van der Waals surface area contributed by atoms with Crippen molar-refractivity contribution in [2.24, 2.45) is 5.10 Å². The summed E-state index contributed by atoms with van der Waals surface area (Å²) in [5.41, 5.74) is 5.59. The molecule has 0 aliphatic heterocycles. The van der Waals surface area contributed by atoms with Crippen LogP contribution in [0.3, 0.4) is 0 Å². The van der Waals surface area contributed by atoms with Crippen LogP contribution in [0.15, 0.2) is 47.6 Å². The number of anilines is 1. The van der Waals surface area contributed by atoms with E-state index in [2.05, 4.69) is 21.2 Å². The standard InChI is InChI=1S/C21H24N4O4/c1-4-22-20(27)21(28)25-23-12-16-8-10-17(11-9-16)29-13-18(26)24-19-14(2)6-5-7-15(19)3/h5-12H,4,13H2,1-3H3,(H,22,27)(H,24,26)(H,25,28)/b23-12-. The second kappa shape index (κ2) is 10.6. The van der Waals surface area contributed by atoms with Crippen LogP contribution in [0.25, 0.3) is 0 Å². The average molecular weight is 396 g/mol. The molecule has 0 aromatic heterocycles. The van der Waals surface area contributed by atoms with Crippen molar-refractivity contribution in [3.8, 4) is 5.75 Å². The van der Waals surface area contributed by atoms with Gasteiger partial charge in [-0.1, -0.05) is 18.2 Å². The topological polar surface area (TPSA) is 109 Å². The van der Waals surface area contributed by atoms with Crippen molar-refractivity contribution >= 4 is 29.6 Å². The number of rotatable bonds is 7. The highest BCUT2D eigenvalue weighted by molar-refractivity contribution is 6.35. The SMILES string of the molecule is CCNC(=O)C(=O)N/N=C\c1ccc(OCC(=O)Nc2c(C)cccc2C)cc1. The van der Waals surface area contributed by atoms with Gasteiger partial charge in [-0.05, 0) is 61.7 Å². The van der Waals surface area contributed by atoms with Crippen LogP contribution < -0.4 is 20.8 Å². The highest BCUT2D eigenvalue weighted by Crippen LogP contribution is 2.19. The van der Waals surface area contributed by atoms with Crippen molar-refractivity contribution in [3.05, 3.63) is 59.2 Å². The van der Waals surface area contributed by atoms with Gasteiger partial charge in [0.2, 0.25) is 0 Å². The van der Waals surface area contributed by atoms with Gasteiger partial charge in [0.15, 0.2) is 6.61 Å². The fourth-order valence-corrected chi connectivity index (χ4v) is 2.44. The number of ether oxygens (including phenoxy) is 1. The molecule has 0 spiro atoms. The first-order valence-electron chi connectivity index (χ1n) is 9.11. The number of nitrogens with zero attached hydrogens (tertiary/aromatic N) is 1. The number of carbonyl (C=O) groups excluding carboxylic acids is 3. The Morgan fingerprint density at radius 1 is 1.00 bits per heavy atom. The van der Waals surface area contributed by atoms with Gasteiger partial charge in [-0.15, -0.1) is 0 Å². The molecule has 0 aliphatic carbocycles. The monoisotopic (exact) mass is 396 g/mol. The maximum absolute atomic E-state index is 12.1. The minimum absolute atomic E-state index is 0.121. The van der Waals surface area contributed by atoms with Crippen LogP contribution in [0, 0.1) is 13.8 Å². The summed E-state index contributed by atoms with van der Waals surface area (Å²) in [6, 6.07) is 12.6. The van der Waals surface area contributed by atoms with E-state index >= 15 is 0 Å². The first kappa shape index (κ1) is 21.6. The van der Waals surface area contributed by atoms with Gasteiger partial charge in [-0.25, -0.2) is 5.43 Å². The molecule has 3 amide bonds. The zero-order chi connectivity index (χ0) is 21.2. The van der Waals surface area contributed by atoms with Crippen molar-refractivity contribution in [2.75, 3.05) is 18.5 Å². The van der Waals surface area contributed by atoms with E-state index in [1.165, 1.54) is 6.21 Å². The first-order chi connectivity index (χ1) is 13.9. The molecule has 0 radical (unpaired) electrons. The summed E-state index contributed by atoms with van der Waals surface area (Å²) in [6.45, 7) is 5.82. The van der Waals surface area contributed by atoms with E-state index in [4.69, 9.17) is 4.74 Å². The highest BCUT2D eigenvalue weighted by Gasteiger charge is 2.10. The van der Waals surface area contributed by atoms with E-state index in [0.717, 1.165) is 16.8 Å². The van der Waals surface area contributed by atoms with Crippen LogP contribution in [-0.4, -0.2) is 37.1 Å². The normalized spacial score (nSPS) is 10.4. The van der Waals surface area contributed by atoms with Gasteiger partial charge >= 0.3 is 11.8 Å². The predicted molar refractivity (Wildman–Crippen MR) is 111 cm³/mol. The van der Waals surface area contributed by atoms with Gasteiger partial charge in [0.25, 0.3) is 5.91 Å². The van der Waals surface area contributed by atoms with Gasteiger partial charge in [0.1, 0.15) is 5.75 Å². The lowest BCUT2D eigenvalue weighted by atomic mass is 10.1. The van der Waals surface area contributed by atoms with E-state index in [0.29, 0.717) is 17.9 Å². The molecule has 152 valence electrons. The number of para-hydroxylation sites is 1. The Kier molecular flexibility index (Phi) is 7.90. The van der Waals surface area contributed by atoms with Gasteiger partial charge in [0.05, 0.1) is 6.21 Å². The summed E-state index contributed by atoms with van der Waals surface area (Å²) in [6.07, 6.45) is 1.40. The lowest BCUT2D eigenvalue weighted by Crippen LogP contribution is -2.37. The Balaban J connectivity index is 1.83. The third kappa shape index (κ3) is 6.76. The van der Waals surface area contributed by atoms with Crippen molar-refractivity contribution in [1.29, 1.82) is 0 Å². The zero-order valence-electron chi connectivity index (χ0n) is 16.6. The number of carbonyl (C=O) groups is 3. The Morgan fingerprint density at radius 2 is 1.66 bits per heavy atom. The van der Waals surface area contributed by atoms with Crippen LogP contribution in [0.4, 0.5) is 5.69 Å². The molecule has 0 unspecified atom stereocenters. The Bertz CT molecular complexity index is 887. The number of likely N-dealkylation sites (N-methyl/N-ethyl adjacent to an activating group) is 1. The maximum atomic E-state index is 12.1. The summed E-state index contributed by atoms with van der Waals surface area (Å²) in [5.74, 6) is -1.31. The van der Waals surface area contributed by atoms with E-state index in [-0.39, 0.29) is 12.5 Å². The third-order valence-corrected chi connectivity index (χ3v) is 3.92. The molecule has 0 atom stereocenters. The number of hydrazone groups is 1. The smallest absolute Gasteiger partial charge is 0.329 e. The molecular formula is C21H24N4O4. The quantitative estimate of drug-likeness (QED) is 0.377. The lowest BCUT2D eigenvalue weighted by Gasteiger charge is -2.12. The average Bonchev–Trinajstić information content (AvgIpc) is 2.70. The van der Waals surface area contributed by atoms with Gasteiger partial charge < -0.3 is 15.4 Å². The zero-order valence-corrected chi connectivity index (χ0v) is 16.6. The van der Waals surface area contributed by atoms with Crippen molar-refractivity contribution in [3.63, 3.8) is 0 Å². The molecule has 0 saturated carbocycles. The van der Waals surface area contributed by atoms with Crippen LogP contribution in [-0.2, 0) is 14.4 Å². The van der Waals surface area contributed by atoms with Crippen molar-refractivity contribution in [2.45, 2.75) is 20.8 Å². The molecule has 0 heterocycles. The van der Waals surface area contributed by atoms with Gasteiger partial charge in [0, 0.05) is 12.2 Å². The number of hydrogen-bond donors (Lipinski definition) is 3. The van der Waals surface area contributed by atoms with Gasteiger partial charge in [-0.2, -0.15) is 5.10 Å². The molecule has 2 rings (SSSR count). The summed E-state index contributed by atoms with van der Waals surface area (Å²) in [7, 11) is 0. The number of hydrogen-bond acceptors (Lipinski definition) is 5. The summed E-state index contributed by atoms with van der Waals surface area (Å²) in [5, 5.41) is 8.95. The maximum Gasteiger partial charge on any atom is 0.329 e. The molecule has 0 aliphatic rings. The second-order valence-corrected chi connectivity index (χ2v) is 6.23. The molecule has 8 heteroatoms. The highest BCUT2D eigenvalue weighted by atomic mass is 16.5. The minimum atomic E-state index is -0.835. The van der Waals surface area contributed by atoms with Crippen molar-refractivity contribution in [1.82, 2.24) is 10.7 Å². The fraction of sp³-hybridized carbons (Fsp3) is 0.238. The van der Waals surface area contributed by atoms with Crippen molar-refractivity contribution < 1.29 is 19.1 Å². The Morgan fingerprint density at radius 3 is 2.28 bits per heavy atom. The molecule has 0 saturated heterocycles. The second-order valence-electron chi connectivity index (χ2n) is 6.23. The molecule has 8 nitrogen and oxygen atoms in total. The van der Waals surface area contributed by atoms with E-state index in [1.54, 1.807) is 31.2 Å². The van der Waals surface area contributed by atoms with Crippen LogP contribution >= 0.6 is 0 Å². The largest absolute Gasteiger partial charge is 0.484 e. The molecular weight excluding hydrogens is 372 g/mol. The van der Waals surface area contributed by atoms with Crippen LogP contribution in [0.5, 0.6) is 5.75 Å². The number of amides is 3. The predicted octanol–water partition coefficient (Wildman–Crippen LogP) is 1.91. The number of benzene rings is 2. The summed E-state index contributed by atoms with van der Waals surface area (Å²) >= 11 is 0. The van der Waals surface area contributed by atoms with E-state index < -0.39 is 11.8 Å². The lowest BCUT2D eigenvalue weighted by molar-refractivity contribution is -0.139. The Hall–Kier alpha value is -3.68. The molecule has 3 N–H and O–H groups in total. The van der Waals surface area contributed by atoms with Crippen LogP contribution in [0.1, 0.15) is 23.6 Å². The molecule has 0 bridgehead atoms. The van der Waals surface area contributed by atoms with Crippen LogP contribution in [0.2, 0.25) is 0 Å². The van der Waals surface area contributed by atoms with E-state index in [1.807, 2.05) is 32.0 Å². The number of nitrogens with one attached hydrogen (secondary N) is 3. The fourth-order valence-electron chi connectivity index (χ4n) is 2.44. The third-order valence-electron chi connectivity index (χ3n) is 3.92. The molecule has 2 aromatic rings. The molecule has 2 aromatic carbocycles. The van der Waals surface area contributed by atoms with Gasteiger partial charge in [-0.3, -0.25) is 14.4 Å². The molecule has 29 heavy (non-hydrogen) atoms. The summed E-state index contributed by atoms with van der Waals surface area (Å²) in [4.78, 5) is 34.8. The molecule has 0 fully saturated rings. The first-order valence-corrected chi connectivity index (χ1v) is 9.11.